The van der Waals surface area contributed by atoms with Crippen LogP contribution >= 0.6 is 22.9 Å². The van der Waals surface area contributed by atoms with Gasteiger partial charge in [0, 0.05) is 16.2 Å². The first-order valence-corrected chi connectivity index (χ1v) is 5.60. The van der Waals surface area contributed by atoms with Crippen molar-refractivity contribution in [3.8, 4) is 0 Å². The van der Waals surface area contributed by atoms with Gasteiger partial charge in [-0.15, -0.1) is 22.9 Å². The highest BCUT2D eigenvalue weighted by molar-refractivity contribution is 7.10. The van der Waals surface area contributed by atoms with Gasteiger partial charge in [0.1, 0.15) is 0 Å². The summed E-state index contributed by atoms with van der Waals surface area (Å²) >= 11 is 7.60. The second kappa shape index (κ2) is 3.80. The van der Waals surface area contributed by atoms with Crippen molar-refractivity contribution >= 4 is 22.9 Å². The van der Waals surface area contributed by atoms with Crippen LogP contribution in [0.15, 0.2) is 11.4 Å². The number of aryl methyl sites for hydroxylation is 1. The molecule has 0 N–H and O–H groups in total. The summed E-state index contributed by atoms with van der Waals surface area (Å²) in [5.74, 6) is 0.740. The van der Waals surface area contributed by atoms with Gasteiger partial charge in [-0.2, -0.15) is 0 Å². The van der Waals surface area contributed by atoms with Crippen LogP contribution < -0.4 is 0 Å². The van der Waals surface area contributed by atoms with Crippen molar-refractivity contribution in [1.29, 1.82) is 0 Å². The largest absolute Gasteiger partial charge is 0.148 e. The van der Waals surface area contributed by atoms with Crippen LogP contribution in [0.3, 0.4) is 0 Å². The van der Waals surface area contributed by atoms with Crippen LogP contribution in [0, 0.1) is 6.92 Å². The van der Waals surface area contributed by atoms with Crippen LogP contribution in [0.2, 0.25) is 0 Å². The summed E-state index contributed by atoms with van der Waals surface area (Å²) in [6.45, 7) is 6.68. The molecular weight excluding hydrogens is 188 g/mol. The Morgan fingerprint density at radius 3 is 2.58 bits per heavy atom. The molecule has 2 heteroatoms. The van der Waals surface area contributed by atoms with E-state index in [1.54, 1.807) is 0 Å². The Kier molecular flexibility index (Phi) is 3.19. The Hall–Kier alpha value is -0.0100. The molecule has 0 aliphatic heterocycles. The summed E-state index contributed by atoms with van der Waals surface area (Å²) in [7, 11) is 0. The number of rotatable bonds is 3. The lowest BCUT2D eigenvalue weighted by Crippen LogP contribution is -2.16. The van der Waals surface area contributed by atoms with Crippen molar-refractivity contribution < 1.29 is 0 Å². The van der Waals surface area contributed by atoms with E-state index in [9.17, 15) is 0 Å². The molecule has 0 spiro atoms. The summed E-state index contributed by atoms with van der Waals surface area (Å²) < 4.78 is 0. The van der Waals surface area contributed by atoms with Gasteiger partial charge >= 0.3 is 0 Å². The Morgan fingerprint density at radius 1 is 1.50 bits per heavy atom. The fourth-order valence-electron chi connectivity index (χ4n) is 1.42. The number of hydrogen-bond donors (Lipinski definition) is 0. The topological polar surface area (TPSA) is 0 Å². The lowest BCUT2D eigenvalue weighted by Gasteiger charge is -2.23. The molecule has 12 heavy (non-hydrogen) atoms. The summed E-state index contributed by atoms with van der Waals surface area (Å²) in [6.07, 6.45) is 1.05. The first kappa shape index (κ1) is 10.1. The van der Waals surface area contributed by atoms with Gasteiger partial charge in [-0.05, 0) is 30.4 Å². The summed E-state index contributed by atoms with van der Waals surface area (Å²) in [4.78, 5) is 1.48. The highest BCUT2D eigenvalue weighted by atomic mass is 35.5. The van der Waals surface area contributed by atoms with E-state index < -0.39 is 0 Å². The van der Waals surface area contributed by atoms with Crippen molar-refractivity contribution in [2.45, 2.75) is 32.6 Å². The predicted molar refractivity (Wildman–Crippen MR) is 57.4 cm³/mol. The molecule has 0 saturated carbocycles. The standard InChI is InChI=1S/C10H15ClS/c1-8-4-7-12-9(8)10(2,3)5-6-11/h4,7H,5-6H2,1-3H3. The quantitative estimate of drug-likeness (QED) is 0.651. The Labute approximate surface area is 83.6 Å². The highest BCUT2D eigenvalue weighted by Gasteiger charge is 2.22. The fraction of sp³-hybridized carbons (Fsp3) is 0.600. The second-order valence-corrected chi connectivity index (χ2v) is 5.05. The van der Waals surface area contributed by atoms with E-state index in [4.69, 9.17) is 11.6 Å². The predicted octanol–water partition coefficient (Wildman–Crippen LogP) is 3.96. The van der Waals surface area contributed by atoms with Gasteiger partial charge in [0.2, 0.25) is 0 Å². The highest BCUT2D eigenvalue weighted by Crippen LogP contribution is 2.33. The van der Waals surface area contributed by atoms with Crippen LogP contribution in [-0.4, -0.2) is 5.88 Å². The van der Waals surface area contributed by atoms with E-state index in [2.05, 4.69) is 32.2 Å². The van der Waals surface area contributed by atoms with Gasteiger partial charge in [0.25, 0.3) is 0 Å². The van der Waals surface area contributed by atoms with E-state index in [0.717, 1.165) is 12.3 Å². The van der Waals surface area contributed by atoms with Gasteiger partial charge in [-0.1, -0.05) is 13.8 Å². The van der Waals surface area contributed by atoms with Crippen molar-refractivity contribution in [3.63, 3.8) is 0 Å². The van der Waals surface area contributed by atoms with Crippen LogP contribution in [-0.2, 0) is 5.41 Å². The van der Waals surface area contributed by atoms with E-state index in [1.807, 2.05) is 11.3 Å². The van der Waals surface area contributed by atoms with Crippen molar-refractivity contribution in [2.75, 3.05) is 5.88 Å². The van der Waals surface area contributed by atoms with Gasteiger partial charge < -0.3 is 0 Å². The average Bonchev–Trinajstić information content (AvgIpc) is 2.35. The van der Waals surface area contributed by atoms with Crippen molar-refractivity contribution in [2.24, 2.45) is 0 Å². The molecule has 0 aliphatic carbocycles. The van der Waals surface area contributed by atoms with Crippen LogP contribution in [0.1, 0.15) is 30.7 Å². The molecule has 0 radical (unpaired) electrons. The minimum Gasteiger partial charge on any atom is -0.148 e. The molecule has 0 saturated heterocycles. The molecule has 1 aromatic heterocycles. The third-order valence-electron chi connectivity index (χ3n) is 2.20. The van der Waals surface area contributed by atoms with Crippen LogP contribution in [0.25, 0.3) is 0 Å². The number of hydrogen-bond acceptors (Lipinski definition) is 1. The summed E-state index contributed by atoms with van der Waals surface area (Å²) in [5.41, 5.74) is 1.65. The number of halogens is 1. The molecule has 68 valence electrons. The van der Waals surface area contributed by atoms with Crippen molar-refractivity contribution in [3.05, 3.63) is 21.9 Å². The molecule has 0 bridgehead atoms. The van der Waals surface area contributed by atoms with Crippen LogP contribution in [0.4, 0.5) is 0 Å². The van der Waals surface area contributed by atoms with E-state index in [1.165, 1.54) is 10.4 Å². The maximum absolute atomic E-state index is 5.76. The number of alkyl halides is 1. The Balaban J connectivity index is 2.88. The van der Waals surface area contributed by atoms with Gasteiger partial charge in [-0.25, -0.2) is 0 Å². The monoisotopic (exact) mass is 202 g/mol. The lowest BCUT2D eigenvalue weighted by atomic mass is 9.87. The second-order valence-electron chi connectivity index (χ2n) is 3.76. The Bertz CT molecular complexity index is 250. The SMILES string of the molecule is Cc1ccsc1C(C)(C)CCCl. The minimum atomic E-state index is 0.250. The smallest absolute Gasteiger partial charge is 0.0232 e. The summed E-state index contributed by atoms with van der Waals surface area (Å²) in [5, 5.41) is 2.15. The minimum absolute atomic E-state index is 0.250. The zero-order chi connectivity index (χ0) is 9.19. The van der Waals surface area contributed by atoms with E-state index in [-0.39, 0.29) is 5.41 Å². The average molecular weight is 203 g/mol. The molecule has 0 nitrogen and oxygen atoms in total. The molecule has 0 aliphatic rings. The third kappa shape index (κ3) is 2.02. The molecule has 1 heterocycles. The maximum atomic E-state index is 5.76. The van der Waals surface area contributed by atoms with Gasteiger partial charge in [0.15, 0.2) is 0 Å². The normalized spacial score (nSPS) is 12.0. The third-order valence-corrected chi connectivity index (χ3v) is 3.77. The fourth-order valence-corrected chi connectivity index (χ4v) is 2.97. The zero-order valence-corrected chi connectivity index (χ0v) is 9.43. The number of thiophene rings is 1. The van der Waals surface area contributed by atoms with E-state index in [0.29, 0.717) is 0 Å². The molecule has 0 unspecified atom stereocenters. The first-order chi connectivity index (χ1) is 5.58. The van der Waals surface area contributed by atoms with Crippen molar-refractivity contribution in [1.82, 2.24) is 0 Å². The van der Waals surface area contributed by atoms with E-state index >= 15 is 0 Å². The maximum Gasteiger partial charge on any atom is 0.0232 e. The molecule has 1 rings (SSSR count). The molecular formula is C10H15ClS. The van der Waals surface area contributed by atoms with Gasteiger partial charge in [-0.3, -0.25) is 0 Å². The lowest BCUT2D eigenvalue weighted by molar-refractivity contribution is 0.517. The molecule has 0 atom stereocenters. The molecule has 0 aromatic carbocycles. The first-order valence-electron chi connectivity index (χ1n) is 4.18. The van der Waals surface area contributed by atoms with Crippen LogP contribution in [0.5, 0.6) is 0 Å². The summed E-state index contributed by atoms with van der Waals surface area (Å²) in [6, 6.07) is 2.18. The molecule has 0 fully saturated rings. The zero-order valence-electron chi connectivity index (χ0n) is 7.86. The molecule has 1 aromatic rings. The van der Waals surface area contributed by atoms with Gasteiger partial charge in [0.05, 0.1) is 0 Å². The Morgan fingerprint density at radius 2 is 2.17 bits per heavy atom. The molecule has 0 amide bonds.